The number of piperidine rings is 1. The van der Waals surface area contributed by atoms with E-state index in [1.807, 2.05) is 0 Å². The van der Waals surface area contributed by atoms with E-state index in [1.165, 1.54) is 24.9 Å². The van der Waals surface area contributed by atoms with Crippen molar-refractivity contribution in [1.29, 1.82) is 0 Å². The predicted molar refractivity (Wildman–Crippen MR) is 88.6 cm³/mol. The molecule has 1 aliphatic rings. The zero-order chi connectivity index (χ0) is 15.2. The van der Waals surface area contributed by atoms with Crippen molar-refractivity contribution >= 4 is 0 Å². The fraction of sp³-hybridized carbons (Fsp3) is 0.667. The molecule has 3 heteroatoms. The van der Waals surface area contributed by atoms with Gasteiger partial charge in [0.2, 0.25) is 0 Å². The van der Waals surface area contributed by atoms with Gasteiger partial charge < -0.3 is 10.5 Å². The molecule has 1 fully saturated rings. The summed E-state index contributed by atoms with van der Waals surface area (Å²) >= 11 is 0. The van der Waals surface area contributed by atoms with Crippen molar-refractivity contribution in [3.8, 4) is 5.75 Å². The minimum atomic E-state index is 0.296. The van der Waals surface area contributed by atoms with Gasteiger partial charge in [0.1, 0.15) is 5.75 Å². The average molecular weight is 290 g/mol. The summed E-state index contributed by atoms with van der Waals surface area (Å²) in [6.45, 7) is 9.65. The minimum absolute atomic E-state index is 0.296. The Bertz CT molecular complexity index is 416. The number of hydrogen-bond donors (Lipinski definition) is 1. The molecule has 0 aromatic heterocycles. The fourth-order valence-corrected chi connectivity index (χ4v) is 3.09. The molecule has 3 unspecified atom stereocenters. The highest BCUT2D eigenvalue weighted by atomic mass is 16.5. The zero-order valence-corrected chi connectivity index (χ0v) is 13.7. The molecular formula is C18H30N2O. The molecule has 0 amide bonds. The fourth-order valence-electron chi connectivity index (χ4n) is 3.09. The summed E-state index contributed by atoms with van der Waals surface area (Å²) in [5, 5.41) is 0. The SMILES string of the molecule is CCCOc1ccc(C(C)N2CCCC(C(C)N)C2)cc1. The van der Waals surface area contributed by atoms with Gasteiger partial charge in [0.05, 0.1) is 6.61 Å². The van der Waals surface area contributed by atoms with Crippen molar-refractivity contribution < 1.29 is 4.74 Å². The van der Waals surface area contributed by atoms with E-state index in [2.05, 4.69) is 49.9 Å². The van der Waals surface area contributed by atoms with E-state index >= 15 is 0 Å². The van der Waals surface area contributed by atoms with E-state index in [9.17, 15) is 0 Å². The maximum absolute atomic E-state index is 6.09. The van der Waals surface area contributed by atoms with E-state index in [4.69, 9.17) is 10.5 Å². The van der Waals surface area contributed by atoms with Crippen LogP contribution in [0.5, 0.6) is 5.75 Å². The molecule has 1 aromatic carbocycles. The van der Waals surface area contributed by atoms with Crippen LogP contribution in [-0.4, -0.2) is 30.6 Å². The zero-order valence-electron chi connectivity index (χ0n) is 13.7. The van der Waals surface area contributed by atoms with Gasteiger partial charge >= 0.3 is 0 Å². The van der Waals surface area contributed by atoms with Crippen molar-refractivity contribution in [3.63, 3.8) is 0 Å². The first-order chi connectivity index (χ1) is 10.1. The van der Waals surface area contributed by atoms with Gasteiger partial charge in [-0.2, -0.15) is 0 Å². The van der Waals surface area contributed by atoms with Gasteiger partial charge in [-0.05, 0) is 63.3 Å². The maximum Gasteiger partial charge on any atom is 0.119 e. The third kappa shape index (κ3) is 4.45. The molecule has 1 aliphatic heterocycles. The Morgan fingerprint density at radius 3 is 2.62 bits per heavy atom. The second-order valence-corrected chi connectivity index (χ2v) is 6.35. The van der Waals surface area contributed by atoms with Crippen LogP contribution < -0.4 is 10.5 Å². The smallest absolute Gasteiger partial charge is 0.119 e. The van der Waals surface area contributed by atoms with Crippen LogP contribution in [0.3, 0.4) is 0 Å². The normalized spacial score (nSPS) is 22.8. The minimum Gasteiger partial charge on any atom is -0.494 e. The lowest BCUT2D eigenvalue weighted by atomic mass is 9.90. The second kappa shape index (κ2) is 7.81. The van der Waals surface area contributed by atoms with E-state index in [1.54, 1.807) is 0 Å². The maximum atomic E-state index is 6.09. The lowest BCUT2D eigenvalue weighted by Crippen LogP contribution is -2.43. The van der Waals surface area contributed by atoms with Gasteiger partial charge in [0.25, 0.3) is 0 Å². The molecule has 118 valence electrons. The standard InChI is InChI=1S/C18H30N2O/c1-4-12-21-18-9-7-16(8-10-18)15(3)20-11-5-6-17(13-20)14(2)19/h7-10,14-15,17H,4-6,11-13,19H2,1-3H3. The first kappa shape index (κ1) is 16.3. The summed E-state index contributed by atoms with van der Waals surface area (Å²) in [5.74, 6) is 1.60. The van der Waals surface area contributed by atoms with Crippen molar-refractivity contribution in [2.75, 3.05) is 19.7 Å². The molecule has 0 bridgehead atoms. The second-order valence-electron chi connectivity index (χ2n) is 6.35. The van der Waals surface area contributed by atoms with E-state index in [-0.39, 0.29) is 0 Å². The molecule has 1 aromatic rings. The third-order valence-electron chi connectivity index (χ3n) is 4.62. The summed E-state index contributed by atoms with van der Waals surface area (Å²) in [7, 11) is 0. The van der Waals surface area contributed by atoms with E-state index in [0.29, 0.717) is 18.0 Å². The average Bonchev–Trinajstić information content (AvgIpc) is 2.53. The van der Waals surface area contributed by atoms with Crippen LogP contribution >= 0.6 is 0 Å². The molecule has 2 rings (SSSR count). The highest BCUT2D eigenvalue weighted by molar-refractivity contribution is 5.29. The summed E-state index contributed by atoms with van der Waals surface area (Å²) < 4.78 is 5.65. The largest absolute Gasteiger partial charge is 0.494 e. The number of hydrogen-bond acceptors (Lipinski definition) is 3. The number of nitrogens with zero attached hydrogens (tertiary/aromatic N) is 1. The van der Waals surface area contributed by atoms with Crippen molar-refractivity contribution in [1.82, 2.24) is 4.90 Å². The Morgan fingerprint density at radius 1 is 1.29 bits per heavy atom. The Balaban J connectivity index is 1.97. The van der Waals surface area contributed by atoms with Crippen molar-refractivity contribution in [2.45, 2.75) is 52.1 Å². The number of ether oxygens (including phenoxy) is 1. The van der Waals surface area contributed by atoms with Crippen LogP contribution in [0.15, 0.2) is 24.3 Å². The molecule has 0 aliphatic carbocycles. The highest BCUT2D eigenvalue weighted by Crippen LogP contribution is 2.28. The molecule has 3 nitrogen and oxygen atoms in total. The molecule has 0 radical (unpaired) electrons. The Morgan fingerprint density at radius 2 is 2.00 bits per heavy atom. The summed E-state index contributed by atoms with van der Waals surface area (Å²) in [4.78, 5) is 2.57. The first-order valence-electron chi connectivity index (χ1n) is 8.34. The lowest BCUT2D eigenvalue weighted by Gasteiger charge is -2.38. The van der Waals surface area contributed by atoms with Crippen LogP contribution in [0.1, 0.15) is 51.6 Å². The van der Waals surface area contributed by atoms with Crippen LogP contribution in [0.4, 0.5) is 0 Å². The van der Waals surface area contributed by atoms with Gasteiger partial charge in [-0.1, -0.05) is 19.1 Å². The third-order valence-corrected chi connectivity index (χ3v) is 4.62. The molecule has 1 heterocycles. The molecule has 1 saturated heterocycles. The van der Waals surface area contributed by atoms with E-state index < -0.39 is 0 Å². The molecule has 0 saturated carbocycles. The van der Waals surface area contributed by atoms with Gasteiger partial charge in [0.15, 0.2) is 0 Å². The van der Waals surface area contributed by atoms with Gasteiger partial charge in [0, 0.05) is 18.6 Å². The van der Waals surface area contributed by atoms with Gasteiger partial charge in [-0.25, -0.2) is 0 Å². The summed E-state index contributed by atoms with van der Waals surface area (Å²) in [6, 6.07) is 9.33. The van der Waals surface area contributed by atoms with Crippen LogP contribution in [0.2, 0.25) is 0 Å². The Hall–Kier alpha value is -1.06. The number of likely N-dealkylation sites (tertiary alicyclic amines) is 1. The molecule has 0 spiro atoms. The molecule has 3 atom stereocenters. The van der Waals surface area contributed by atoms with Gasteiger partial charge in [-0.15, -0.1) is 0 Å². The molecule has 2 N–H and O–H groups in total. The number of nitrogens with two attached hydrogens (primary N) is 1. The monoisotopic (exact) mass is 290 g/mol. The number of rotatable bonds is 6. The first-order valence-corrected chi connectivity index (χ1v) is 8.34. The van der Waals surface area contributed by atoms with Crippen molar-refractivity contribution in [3.05, 3.63) is 29.8 Å². The molecular weight excluding hydrogens is 260 g/mol. The Labute approximate surface area is 129 Å². The summed E-state index contributed by atoms with van der Waals surface area (Å²) in [5.41, 5.74) is 7.46. The highest BCUT2D eigenvalue weighted by Gasteiger charge is 2.26. The van der Waals surface area contributed by atoms with Crippen LogP contribution in [-0.2, 0) is 0 Å². The van der Waals surface area contributed by atoms with Crippen LogP contribution in [0, 0.1) is 5.92 Å². The summed E-state index contributed by atoms with van der Waals surface area (Å²) in [6.07, 6.45) is 3.57. The number of benzene rings is 1. The topological polar surface area (TPSA) is 38.5 Å². The van der Waals surface area contributed by atoms with Crippen molar-refractivity contribution in [2.24, 2.45) is 11.7 Å². The molecule has 21 heavy (non-hydrogen) atoms. The van der Waals surface area contributed by atoms with Crippen LogP contribution in [0.25, 0.3) is 0 Å². The Kier molecular flexibility index (Phi) is 6.07. The quantitative estimate of drug-likeness (QED) is 0.870. The predicted octanol–water partition coefficient (Wildman–Crippen LogP) is 3.60. The van der Waals surface area contributed by atoms with E-state index in [0.717, 1.165) is 25.3 Å². The van der Waals surface area contributed by atoms with Gasteiger partial charge in [-0.3, -0.25) is 4.90 Å². The lowest BCUT2D eigenvalue weighted by molar-refractivity contribution is 0.121.